The van der Waals surface area contributed by atoms with E-state index in [2.05, 4.69) is 20.7 Å². The van der Waals surface area contributed by atoms with Gasteiger partial charge in [-0.2, -0.15) is 0 Å². The second-order valence-electron chi connectivity index (χ2n) is 4.66. The molecular weight excluding hydrogens is 258 g/mol. The molecule has 1 fully saturated rings. The highest BCUT2D eigenvalue weighted by molar-refractivity contribution is 5.45. The topological polar surface area (TPSA) is 74.1 Å². The fraction of sp³-hybridized carbons (Fsp3) is 0.462. The van der Waals surface area contributed by atoms with Crippen molar-refractivity contribution in [3.63, 3.8) is 0 Å². The number of ether oxygens (including phenoxy) is 2. The number of benzene rings is 1. The Kier molecular flexibility index (Phi) is 3.51. The van der Waals surface area contributed by atoms with Gasteiger partial charge < -0.3 is 14.8 Å². The van der Waals surface area contributed by atoms with Crippen LogP contribution in [-0.4, -0.2) is 41.0 Å². The Labute approximate surface area is 116 Å². The van der Waals surface area contributed by atoms with Crippen LogP contribution in [0.2, 0.25) is 0 Å². The second-order valence-corrected chi connectivity index (χ2v) is 4.66. The molecule has 1 unspecified atom stereocenters. The lowest BCUT2D eigenvalue weighted by Gasteiger charge is -2.07. The van der Waals surface area contributed by atoms with Gasteiger partial charge in [0.1, 0.15) is 11.5 Å². The third-order valence-corrected chi connectivity index (χ3v) is 3.37. The van der Waals surface area contributed by atoms with Crippen LogP contribution >= 0.6 is 0 Å². The molecule has 7 heteroatoms. The minimum Gasteiger partial charge on any atom is -0.497 e. The van der Waals surface area contributed by atoms with Gasteiger partial charge >= 0.3 is 0 Å². The Balaban J connectivity index is 1.92. The molecular formula is C13H17N5O2. The fourth-order valence-electron chi connectivity index (χ4n) is 2.29. The van der Waals surface area contributed by atoms with Crippen LogP contribution in [0.3, 0.4) is 0 Å². The smallest absolute Gasteiger partial charge is 0.192 e. The number of hydrogen-bond donors (Lipinski definition) is 1. The summed E-state index contributed by atoms with van der Waals surface area (Å²) in [7, 11) is 3.22. The average Bonchev–Trinajstić information content (AvgIpc) is 3.17. The van der Waals surface area contributed by atoms with E-state index in [1.54, 1.807) is 20.3 Å². The lowest BCUT2D eigenvalue weighted by molar-refractivity contribution is 0.393. The van der Waals surface area contributed by atoms with Gasteiger partial charge in [-0.3, -0.25) is 0 Å². The lowest BCUT2D eigenvalue weighted by Crippen LogP contribution is -2.14. The van der Waals surface area contributed by atoms with Crippen molar-refractivity contribution in [1.82, 2.24) is 25.5 Å². The van der Waals surface area contributed by atoms with Crippen LogP contribution in [0.4, 0.5) is 0 Å². The van der Waals surface area contributed by atoms with Gasteiger partial charge in [0.25, 0.3) is 0 Å². The fourth-order valence-corrected chi connectivity index (χ4v) is 2.29. The summed E-state index contributed by atoms with van der Waals surface area (Å²) in [5.74, 6) is 2.11. The van der Waals surface area contributed by atoms with E-state index >= 15 is 0 Å². The summed E-state index contributed by atoms with van der Waals surface area (Å²) in [5.41, 5.74) is 0.762. The highest BCUT2D eigenvalue weighted by Crippen LogP contribution is 2.25. The van der Waals surface area contributed by atoms with Crippen LogP contribution in [-0.2, 0) is 0 Å². The summed E-state index contributed by atoms with van der Waals surface area (Å²) < 4.78 is 10.5. The molecule has 0 amide bonds. The van der Waals surface area contributed by atoms with Crippen molar-refractivity contribution in [2.75, 3.05) is 20.8 Å². The van der Waals surface area contributed by atoms with Crippen LogP contribution in [0.25, 0.3) is 5.69 Å². The zero-order valence-corrected chi connectivity index (χ0v) is 11.5. The first-order valence-corrected chi connectivity index (χ1v) is 6.57. The predicted molar refractivity (Wildman–Crippen MR) is 72.2 cm³/mol. The van der Waals surface area contributed by atoms with Crippen molar-refractivity contribution in [2.24, 2.45) is 0 Å². The maximum absolute atomic E-state index is 5.24. The molecule has 1 aromatic carbocycles. The summed E-state index contributed by atoms with van der Waals surface area (Å²) in [5, 5.41) is 16.0. The summed E-state index contributed by atoms with van der Waals surface area (Å²) >= 11 is 0. The molecule has 1 saturated heterocycles. The largest absolute Gasteiger partial charge is 0.497 e. The normalized spacial score (nSPS) is 18.2. The average molecular weight is 275 g/mol. The monoisotopic (exact) mass is 275 g/mol. The second kappa shape index (κ2) is 5.46. The minimum absolute atomic E-state index is 0.205. The molecule has 2 heterocycles. The van der Waals surface area contributed by atoms with Gasteiger partial charge in [-0.25, -0.2) is 0 Å². The van der Waals surface area contributed by atoms with Gasteiger partial charge in [-0.15, -0.1) is 15.0 Å². The first-order chi connectivity index (χ1) is 9.80. The van der Waals surface area contributed by atoms with Crippen molar-refractivity contribution in [2.45, 2.75) is 18.9 Å². The number of hydrogen-bond acceptors (Lipinski definition) is 6. The molecule has 3 rings (SSSR count). The number of aromatic nitrogens is 4. The van der Waals surface area contributed by atoms with Crippen LogP contribution in [0.15, 0.2) is 18.2 Å². The maximum Gasteiger partial charge on any atom is 0.192 e. The van der Waals surface area contributed by atoms with Crippen molar-refractivity contribution in [1.29, 1.82) is 0 Å². The van der Waals surface area contributed by atoms with E-state index in [4.69, 9.17) is 9.47 Å². The van der Waals surface area contributed by atoms with Crippen molar-refractivity contribution >= 4 is 0 Å². The predicted octanol–water partition coefficient (Wildman–Crippen LogP) is 1.10. The number of methoxy groups -OCH3 is 2. The Bertz CT molecular complexity index is 570. The highest BCUT2D eigenvalue weighted by atomic mass is 16.5. The molecule has 7 nitrogen and oxygen atoms in total. The van der Waals surface area contributed by atoms with E-state index in [0.717, 1.165) is 30.9 Å². The molecule has 1 atom stereocenters. The van der Waals surface area contributed by atoms with Gasteiger partial charge in [0, 0.05) is 18.2 Å². The number of nitrogens with one attached hydrogen (secondary N) is 1. The molecule has 20 heavy (non-hydrogen) atoms. The third-order valence-electron chi connectivity index (χ3n) is 3.37. The van der Waals surface area contributed by atoms with Gasteiger partial charge in [0.15, 0.2) is 5.82 Å². The molecule has 0 spiro atoms. The lowest BCUT2D eigenvalue weighted by atomic mass is 10.2. The summed E-state index contributed by atoms with van der Waals surface area (Å²) in [6.07, 6.45) is 2.19. The van der Waals surface area contributed by atoms with E-state index in [1.165, 1.54) is 4.80 Å². The van der Waals surface area contributed by atoms with Crippen LogP contribution < -0.4 is 14.8 Å². The first kappa shape index (κ1) is 12.9. The summed E-state index contributed by atoms with van der Waals surface area (Å²) in [6.45, 7) is 1.01. The molecule has 1 aromatic heterocycles. The molecule has 1 aliphatic rings. The first-order valence-electron chi connectivity index (χ1n) is 6.57. The van der Waals surface area contributed by atoms with Gasteiger partial charge in [0.05, 0.1) is 25.9 Å². The maximum atomic E-state index is 5.24. The zero-order valence-electron chi connectivity index (χ0n) is 11.5. The van der Waals surface area contributed by atoms with E-state index in [9.17, 15) is 0 Å². The molecule has 2 aromatic rings. The molecule has 106 valence electrons. The number of tetrazole rings is 1. The van der Waals surface area contributed by atoms with Gasteiger partial charge in [-0.05, 0) is 24.6 Å². The van der Waals surface area contributed by atoms with E-state index in [-0.39, 0.29) is 6.04 Å². The van der Waals surface area contributed by atoms with Gasteiger partial charge in [-0.1, -0.05) is 0 Å². The molecule has 1 N–H and O–H groups in total. The van der Waals surface area contributed by atoms with Crippen molar-refractivity contribution in [3.05, 3.63) is 24.0 Å². The summed E-state index contributed by atoms with van der Waals surface area (Å²) in [6, 6.07) is 5.70. The van der Waals surface area contributed by atoms with Gasteiger partial charge in [0.2, 0.25) is 0 Å². The standard InChI is InChI=1S/C13H17N5O2/c1-19-10-6-9(7-11(8-10)20-2)18-16-13(15-17-18)12-4-3-5-14-12/h6-8,12,14H,3-5H2,1-2H3. The van der Waals surface area contributed by atoms with E-state index in [0.29, 0.717) is 11.5 Å². The van der Waals surface area contributed by atoms with Crippen molar-refractivity contribution in [3.8, 4) is 17.2 Å². The molecule has 0 radical (unpaired) electrons. The van der Waals surface area contributed by atoms with Crippen LogP contribution in [0.1, 0.15) is 24.7 Å². The quantitative estimate of drug-likeness (QED) is 0.900. The van der Waals surface area contributed by atoms with E-state index < -0.39 is 0 Å². The Morgan fingerprint density at radius 2 is 1.95 bits per heavy atom. The summed E-state index contributed by atoms with van der Waals surface area (Å²) in [4.78, 5) is 1.50. The number of rotatable bonds is 4. The Hall–Kier alpha value is -2.15. The van der Waals surface area contributed by atoms with Crippen LogP contribution in [0, 0.1) is 0 Å². The highest BCUT2D eigenvalue weighted by Gasteiger charge is 2.21. The zero-order chi connectivity index (χ0) is 13.9. The molecule has 1 aliphatic heterocycles. The number of nitrogens with zero attached hydrogens (tertiary/aromatic N) is 4. The Morgan fingerprint density at radius 3 is 2.55 bits per heavy atom. The molecule has 0 saturated carbocycles. The Morgan fingerprint density at radius 1 is 1.20 bits per heavy atom. The SMILES string of the molecule is COc1cc(OC)cc(-n2nnc(C3CCCN3)n2)c1. The van der Waals surface area contributed by atoms with E-state index in [1.807, 2.05) is 12.1 Å². The molecule has 0 bridgehead atoms. The third kappa shape index (κ3) is 2.44. The van der Waals surface area contributed by atoms with Crippen molar-refractivity contribution < 1.29 is 9.47 Å². The molecule has 0 aliphatic carbocycles. The minimum atomic E-state index is 0.205. The van der Waals surface area contributed by atoms with Crippen LogP contribution in [0.5, 0.6) is 11.5 Å².